The highest BCUT2D eigenvalue weighted by Gasteiger charge is 2.18. The average molecular weight is 314 g/mol. The number of benzene rings is 2. The smallest absolute Gasteiger partial charge is 0.256 e. The van der Waals surface area contributed by atoms with Crippen molar-refractivity contribution in [2.75, 3.05) is 6.54 Å². The van der Waals surface area contributed by atoms with Crippen molar-refractivity contribution in [3.8, 4) is 0 Å². The molecular formula is C17H16ClN3O. The van der Waals surface area contributed by atoms with E-state index < -0.39 is 0 Å². The number of para-hydroxylation sites is 1. The highest BCUT2D eigenvalue weighted by molar-refractivity contribution is 6.31. The molecule has 0 unspecified atom stereocenters. The first-order chi connectivity index (χ1) is 10.7. The summed E-state index contributed by atoms with van der Waals surface area (Å²) in [4.78, 5) is 14.6. The number of carbonyl (C=O) groups is 1. The topological polar surface area (TPSA) is 49.0 Å². The number of nitrogens with zero attached hydrogens (tertiary/aromatic N) is 2. The van der Waals surface area contributed by atoms with E-state index in [4.69, 9.17) is 11.6 Å². The van der Waals surface area contributed by atoms with E-state index in [9.17, 15) is 4.79 Å². The van der Waals surface area contributed by atoms with Crippen LogP contribution in [0, 0.1) is 0 Å². The van der Waals surface area contributed by atoms with Gasteiger partial charge in [-0.1, -0.05) is 41.9 Å². The fourth-order valence-corrected chi connectivity index (χ4v) is 2.67. The van der Waals surface area contributed by atoms with E-state index in [1.165, 1.54) is 0 Å². The van der Waals surface area contributed by atoms with E-state index >= 15 is 0 Å². The normalized spacial score (nSPS) is 10.8. The molecule has 3 aromatic rings. The van der Waals surface area contributed by atoms with Gasteiger partial charge in [0, 0.05) is 23.5 Å². The SMILES string of the molecule is CCN(Cc1ccccc1Cl)C(=O)c1cccc2cn[nH]c12. The van der Waals surface area contributed by atoms with E-state index in [-0.39, 0.29) is 5.91 Å². The van der Waals surface area contributed by atoms with Gasteiger partial charge in [0.05, 0.1) is 17.3 Å². The number of amides is 1. The van der Waals surface area contributed by atoms with Gasteiger partial charge in [0.1, 0.15) is 0 Å². The maximum atomic E-state index is 12.8. The number of aromatic amines is 1. The third-order valence-electron chi connectivity index (χ3n) is 3.70. The number of halogens is 1. The molecule has 1 aromatic heterocycles. The Labute approximate surface area is 133 Å². The summed E-state index contributed by atoms with van der Waals surface area (Å²) in [6, 6.07) is 13.2. The van der Waals surface area contributed by atoms with Crippen LogP contribution in [0.3, 0.4) is 0 Å². The summed E-state index contributed by atoms with van der Waals surface area (Å²) in [6.07, 6.45) is 1.72. The minimum absolute atomic E-state index is 0.0303. The maximum Gasteiger partial charge on any atom is 0.256 e. The van der Waals surface area contributed by atoms with E-state index in [1.807, 2.05) is 49.4 Å². The van der Waals surface area contributed by atoms with Gasteiger partial charge < -0.3 is 4.90 Å². The van der Waals surface area contributed by atoms with Crippen LogP contribution in [0.2, 0.25) is 5.02 Å². The molecule has 1 heterocycles. The van der Waals surface area contributed by atoms with Crippen LogP contribution in [0.1, 0.15) is 22.8 Å². The molecule has 2 aromatic carbocycles. The fourth-order valence-electron chi connectivity index (χ4n) is 2.48. The van der Waals surface area contributed by atoms with Crippen molar-refractivity contribution in [2.45, 2.75) is 13.5 Å². The molecule has 0 aliphatic carbocycles. The number of fused-ring (bicyclic) bond motifs is 1. The van der Waals surface area contributed by atoms with Crippen LogP contribution in [0.4, 0.5) is 0 Å². The molecule has 5 heteroatoms. The first-order valence-electron chi connectivity index (χ1n) is 7.15. The van der Waals surface area contributed by atoms with Gasteiger partial charge in [-0.25, -0.2) is 0 Å². The van der Waals surface area contributed by atoms with Crippen molar-refractivity contribution < 1.29 is 4.79 Å². The van der Waals surface area contributed by atoms with Crippen LogP contribution in [0.15, 0.2) is 48.7 Å². The highest BCUT2D eigenvalue weighted by atomic mass is 35.5. The Balaban J connectivity index is 1.92. The molecular weight excluding hydrogens is 298 g/mol. The average Bonchev–Trinajstić information content (AvgIpc) is 3.02. The second-order valence-corrected chi connectivity index (χ2v) is 5.46. The molecule has 112 valence electrons. The van der Waals surface area contributed by atoms with Crippen molar-refractivity contribution >= 4 is 28.4 Å². The predicted molar refractivity (Wildman–Crippen MR) is 88.0 cm³/mol. The maximum absolute atomic E-state index is 12.8. The summed E-state index contributed by atoms with van der Waals surface area (Å²) >= 11 is 6.20. The highest BCUT2D eigenvalue weighted by Crippen LogP contribution is 2.21. The molecule has 0 aliphatic rings. The van der Waals surface area contributed by atoms with Gasteiger partial charge in [-0.3, -0.25) is 9.89 Å². The Morgan fingerprint density at radius 1 is 1.23 bits per heavy atom. The van der Waals surface area contributed by atoms with Crippen molar-refractivity contribution in [2.24, 2.45) is 0 Å². The molecule has 4 nitrogen and oxygen atoms in total. The molecule has 0 bridgehead atoms. The van der Waals surface area contributed by atoms with E-state index in [0.29, 0.717) is 23.7 Å². The molecule has 0 fully saturated rings. The summed E-state index contributed by atoms with van der Waals surface area (Å²) < 4.78 is 0. The Hall–Kier alpha value is -2.33. The Kier molecular flexibility index (Phi) is 4.11. The van der Waals surface area contributed by atoms with E-state index in [1.54, 1.807) is 11.1 Å². The van der Waals surface area contributed by atoms with Gasteiger partial charge in [-0.2, -0.15) is 5.10 Å². The van der Waals surface area contributed by atoms with Gasteiger partial charge in [0.15, 0.2) is 0 Å². The van der Waals surface area contributed by atoms with Crippen molar-refractivity contribution in [1.82, 2.24) is 15.1 Å². The van der Waals surface area contributed by atoms with Crippen LogP contribution >= 0.6 is 11.6 Å². The third-order valence-corrected chi connectivity index (χ3v) is 4.06. The number of aromatic nitrogens is 2. The van der Waals surface area contributed by atoms with Gasteiger partial charge in [0.25, 0.3) is 5.91 Å². The molecule has 0 saturated carbocycles. The number of carbonyl (C=O) groups excluding carboxylic acids is 1. The summed E-state index contributed by atoms with van der Waals surface area (Å²) in [6.45, 7) is 3.05. The third kappa shape index (κ3) is 2.70. The minimum Gasteiger partial charge on any atom is -0.334 e. The first-order valence-corrected chi connectivity index (χ1v) is 7.53. The first kappa shape index (κ1) is 14.6. The van der Waals surface area contributed by atoms with Gasteiger partial charge in [-0.15, -0.1) is 0 Å². The molecule has 3 rings (SSSR count). The second-order valence-electron chi connectivity index (χ2n) is 5.05. The molecule has 1 amide bonds. The number of hydrogen-bond acceptors (Lipinski definition) is 2. The minimum atomic E-state index is -0.0303. The zero-order chi connectivity index (χ0) is 15.5. The van der Waals surface area contributed by atoms with Crippen LogP contribution in [-0.2, 0) is 6.54 Å². The van der Waals surface area contributed by atoms with Crippen LogP contribution < -0.4 is 0 Å². The summed E-state index contributed by atoms with van der Waals surface area (Å²) in [5, 5.41) is 8.52. The Morgan fingerprint density at radius 2 is 2.05 bits per heavy atom. The standard InChI is InChI=1S/C17H16ClN3O/c1-2-21(11-13-6-3-4-9-15(13)18)17(22)14-8-5-7-12-10-19-20-16(12)14/h3-10H,2,11H2,1H3,(H,19,20). The van der Waals surface area contributed by atoms with Crippen molar-refractivity contribution in [1.29, 1.82) is 0 Å². The van der Waals surface area contributed by atoms with Crippen LogP contribution in [0.25, 0.3) is 10.9 Å². The lowest BCUT2D eigenvalue weighted by molar-refractivity contribution is 0.0754. The Morgan fingerprint density at radius 3 is 2.82 bits per heavy atom. The molecule has 0 atom stereocenters. The largest absolute Gasteiger partial charge is 0.334 e. The lowest BCUT2D eigenvalue weighted by Gasteiger charge is -2.22. The van der Waals surface area contributed by atoms with Gasteiger partial charge in [-0.05, 0) is 24.6 Å². The van der Waals surface area contributed by atoms with Crippen LogP contribution in [-0.4, -0.2) is 27.5 Å². The summed E-state index contributed by atoms with van der Waals surface area (Å²) in [5.41, 5.74) is 2.34. The number of hydrogen-bond donors (Lipinski definition) is 1. The molecule has 0 radical (unpaired) electrons. The zero-order valence-electron chi connectivity index (χ0n) is 12.2. The molecule has 0 saturated heterocycles. The molecule has 1 N–H and O–H groups in total. The molecule has 0 spiro atoms. The molecule has 0 aliphatic heterocycles. The van der Waals surface area contributed by atoms with Crippen LogP contribution in [0.5, 0.6) is 0 Å². The summed E-state index contributed by atoms with van der Waals surface area (Å²) in [7, 11) is 0. The predicted octanol–water partition coefficient (Wildman–Crippen LogP) is 3.88. The number of rotatable bonds is 4. The molecule has 22 heavy (non-hydrogen) atoms. The number of H-pyrrole nitrogens is 1. The zero-order valence-corrected chi connectivity index (χ0v) is 13.0. The Bertz CT molecular complexity index is 812. The van der Waals surface area contributed by atoms with Crippen molar-refractivity contribution in [3.63, 3.8) is 0 Å². The fraction of sp³-hybridized carbons (Fsp3) is 0.176. The van der Waals surface area contributed by atoms with E-state index in [0.717, 1.165) is 16.5 Å². The van der Waals surface area contributed by atoms with Gasteiger partial charge in [0.2, 0.25) is 0 Å². The lowest BCUT2D eigenvalue weighted by atomic mass is 10.1. The van der Waals surface area contributed by atoms with Crippen molar-refractivity contribution in [3.05, 3.63) is 64.8 Å². The quantitative estimate of drug-likeness (QED) is 0.794. The van der Waals surface area contributed by atoms with E-state index in [2.05, 4.69) is 10.2 Å². The monoisotopic (exact) mass is 313 g/mol. The van der Waals surface area contributed by atoms with Gasteiger partial charge >= 0.3 is 0 Å². The lowest BCUT2D eigenvalue weighted by Crippen LogP contribution is -2.30. The number of nitrogens with one attached hydrogen (secondary N) is 1. The second kappa shape index (κ2) is 6.20. The summed E-state index contributed by atoms with van der Waals surface area (Å²) in [5.74, 6) is -0.0303.